The normalized spacial score (nSPS) is 12.0. The number of carbonyl (C=O) groups excluding carboxylic acids is 1. The molecule has 0 aliphatic heterocycles. The molecule has 0 bridgehead atoms. The average Bonchev–Trinajstić information content (AvgIpc) is 2.32. The number of alkyl halides is 3. The van der Waals surface area contributed by atoms with E-state index in [1.165, 1.54) is 12.1 Å². The van der Waals surface area contributed by atoms with Gasteiger partial charge in [0, 0.05) is 6.07 Å². The topological polar surface area (TPSA) is 50.7 Å². The molecule has 4 nitrogen and oxygen atoms in total. The highest BCUT2D eigenvalue weighted by Crippen LogP contribution is 2.34. The summed E-state index contributed by atoms with van der Waals surface area (Å²) in [6, 6.07) is 2.73. The first kappa shape index (κ1) is 17.6. The maximum absolute atomic E-state index is 12.0. The molecule has 0 fully saturated rings. The zero-order valence-corrected chi connectivity index (χ0v) is 12.5. The molecule has 1 aromatic carbocycles. The van der Waals surface area contributed by atoms with E-state index in [9.17, 15) is 18.0 Å². The van der Waals surface area contributed by atoms with Crippen molar-refractivity contribution in [3.63, 3.8) is 0 Å². The minimum atomic E-state index is -4.97. The van der Waals surface area contributed by atoms with Crippen molar-refractivity contribution in [2.45, 2.75) is 26.1 Å². The van der Waals surface area contributed by atoms with Gasteiger partial charge in [0.2, 0.25) is 0 Å². The molecule has 116 valence electrons. The van der Waals surface area contributed by atoms with Crippen molar-refractivity contribution in [1.29, 1.82) is 0 Å². The van der Waals surface area contributed by atoms with Gasteiger partial charge in [0.15, 0.2) is 0 Å². The molecule has 21 heavy (non-hydrogen) atoms. The number of ether oxygens (including phenoxy) is 1. The van der Waals surface area contributed by atoms with E-state index in [4.69, 9.17) is 27.9 Å². The van der Waals surface area contributed by atoms with Gasteiger partial charge in [-0.2, -0.15) is 18.3 Å². The molecule has 0 spiro atoms. The van der Waals surface area contributed by atoms with Crippen molar-refractivity contribution in [1.82, 2.24) is 0 Å². The Labute approximate surface area is 128 Å². The Morgan fingerprint density at radius 1 is 1.33 bits per heavy atom. The number of hydrogen-bond donors (Lipinski definition) is 1. The Balaban J connectivity index is 2.89. The van der Waals surface area contributed by atoms with Gasteiger partial charge in [-0.3, -0.25) is 10.2 Å². The number of benzene rings is 1. The lowest BCUT2D eigenvalue weighted by molar-refractivity contribution is -0.162. The highest BCUT2D eigenvalue weighted by atomic mass is 35.5. The Morgan fingerprint density at radius 3 is 2.48 bits per heavy atom. The molecular weight excluding hydrogens is 332 g/mol. The van der Waals surface area contributed by atoms with Crippen molar-refractivity contribution in [2.24, 2.45) is 5.10 Å². The van der Waals surface area contributed by atoms with Crippen LogP contribution in [0.1, 0.15) is 13.8 Å². The van der Waals surface area contributed by atoms with Crippen LogP contribution in [-0.2, 0) is 4.79 Å². The van der Waals surface area contributed by atoms with E-state index in [1.54, 1.807) is 13.8 Å². The van der Waals surface area contributed by atoms with Gasteiger partial charge in [-0.05, 0) is 19.9 Å². The van der Waals surface area contributed by atoms with Gasteiger partial charge < -0.3 is 4.74 Å². The lowest BCUT2D eigenvalue weighted by atomic mass is 10.3. The quantitative estimate of drug-likeness (QED) is 0.640. The molecule has 1 aromatic rings. The average molecular weight is 343 g/mol. The van der Waals surface area contributed by atoms with E-state index in [2.05, 4.69) is 10.5 Å². The smallest absolute Gasteiger partial charge is 0.455 e. The first-order chi connectivity index (χ1) is 9.61. The predicted octanol–water partition coefficient (Wildman–Crippen LogP) is 4.31. The first-order valence-corrected chi connectivity index (χ1v) is 6.42. The van der Waals surface area contributed by atoms with Crippen molar-refractivity contribution >= 4 is 40.9 Å². The van der Waals surface area contributed by atoms with Crippen molar-refractivity contribution in [2.75, 3.05) is 5.43 Å². The number of hydrazone groups is 1. The van der Waals surface area contributed by atoms with Gasteiger partial charge in [-0.1, -0.05) is 23.2 Å². The monoisotopic (exact) mass is 342 g/mol. The van der Waals surface area contributed by atoms with Crippen LogP contribution in [0.2, 0.25) is 10.0 Å². The summed E-state index contributed by atoms with van der Waals surface area (Å²) in [5, 5.41) is 3.55. The van der Waals surface area contributed by atoms with Gasteiger partial charge >= 0.3 is 6.18 Å². The van der Waals surface area contributed by atoms with E-state index in [-0.39, 0.29) is 33.8 Å². The lowest BCUT2D eigenvalue weighted by Crippen LogP contribution is -2.23. The van der Waals surface area contributed by atoms with Crippen molar-refractivity contribution in [3.05, 3.63) is 22.2 Å². The van der Waals surface area contributed by atoms with Gasteiger partial charge in [0.05, 0.1) is 28.1 Å². The standard InChI is InChI=1S/C12H11Cl2F3N2O2/c1-6(2)21-10-4-9(7(13)3-8(10)14)19-18-5-11(20)12(15,16)17/h3-6,19H,1-2H3/b18-5-. The molecule has 0 amide bonds. The summed E-state index contributed by atoms with van der Waals surface area (Å²) < 4.78 is 41.3. The number of nitrogens with one attached hydrogen (secondary N) is 1. The molecule has 0 aliphatic carbocycles. The third-order valence-electron chi connectivity index (χ3n) is 2.03. The lowest BCUT2D eigenvalue weighted by Gasteiger charge is -2.13. The molecule has 1 rings (SSSR count). The third kappa shape index (κ3) is 5.43. The summed E-state index contributed by atoms with van der Waals surface area (Å²) in [4.78, 5) is 10.6. The zero-order chi connectivity index (χ0) is 16.2. The van der Waals surface area contributed by atoms with Crippen LogP contribution >= 0.6 is 23.2 Å². The summed E-state index contributed by atoms with van der Waals surface area (Å²) in [5.41, 5.74) is 2.39. The summed E-state index contributed by atoms with van der Waals surface area (Å²) >= 11 is 11.8. The summed E-state index contributed by atoms with van der Waals surface area (Å²) in [6.45, 7) is 3.55. The first-order valence-electron chi connectivity index (χ1n) is 5.67. The second-order valence-corrected chi connectivity index (χ2v) is 4.98. The van der Waals surface area contributed by atoms with E-state index in [1.807, 2.05) is 0 Å². The number of hydrogen-bond acceptors (Lipinski definition) is 4. The van der Waals surface area contributed by atoms with Gasteiger partial charge in [-0.25, -0.2) is 0 Å². The minimum Gasteiger partial charge on any atom is -0.489 e. The molecule has 0 heterocycles. The van der Waals surface area contributed by atoms with Crippen LogP contribution in [-0.4, -0.2) is 24.3 Å². The predicted molar refractivity (Wildman–Crippen MR) is 75.4 cm³/mol. The summed E-state index contributed by atoms with van der Waals surface area (Å²) in [7, 11) is 0. The SMILES string of the molecule is CC(C)Oc1cc(N/N=C\C(=O)C(F)(F)F)c(Cl)cc1Cl. The minimum absolute atomic E-state index is 0.118. The number of rotatable bonds is 5. The Morgan fingerprint density at radius 2 is 1.95 bits per heavy atom. The Bertz CT molecular complexity index is 560. The number of nitrogens with zero attached hydrogens (tertiary/aromatic N) is 1. The van der Waals surface area contributed by atoms with E-state index < -0.39 is 12.0 Å². The fourth-order valence-corrected chi connectivity index (χ4v) is 1.66. The third-order valence-corrected chi connectivity index (χ3v) is 2.64. The van der Waals surface area contributed by atoms with Crippen molar-refractivity contribution < 1.29 is 22.7 Å². The molecule has 1 N–H and O–H groups in total. The van der Waals surface area contributed by atoms with Crippen LogP contribution in [0.5, 0.6) is 5.75 Å². The molecule has 0 saturated heterocycles. The molecule has 0 aromatic heterocycles. The molecule has 0 unspecified atom stereocenters. The van der Waals surface area contributed by atoms with Gasteiger partial charge in [0.1, 0.15) is 5.75 Å². The van der Waals surface area contributed by atoms with Crippen LogP contribution in [0.25, 0.3) is 0 Å². The molecular formula is C12H11Cl2F3N2O2. The Kier molecular flexibility index (Phi) is 5.86. The van der Waals surface area contributed by atoms with Crippen molar-refractivity contribution in [3.8, 4) is 5.75 Å². The number of carbonyl (C=O) groups is 1. The maximum atomic E-state index is 12.0. The van der Waals surface area contributed by atoms with Crippen LogP contribution in [0, 0.1) is 0 Å². The molecule has 0 atom stereocenters. The van der Waals surface area contributed by atoms with Crippen LogP contribution in [0.3, 0.4) is 0 Å². The summed E-state index contributed by atoms with van der Waals surface area (Å²) in [5.74, 6) is -1.80. The largest absolute Gasteiger partial charge is 0.489 e. The van der Waals surface area contributed by atoms with Crippen LogP contribution < -0.4 is 10.2 Å². The number of anilines is 1. The van der Waals surface area contributed by atoms with Gasteiger partial charge in [0.25, 0.3) is 5.78 Å². The molecule has 0 aliphatic rings. The number of halogens is 5. The molecule has 0 radical (unpaired) electrons. The highest BCUT2D eigenvalue weighted by Gasteiger charge is 2.36. The molecule has 9 heteroatoms. The maximum Gasteiger partial charge on any atom is 0.455 e. The fraction of sp³-hybridized carbons (Fsp3) is 0.333. The zero-order valence-electron chi connectivity index (χ0n) is 11.0. The van der Waals surface area contributed by atoms with E-state index in [0.29, 0.717) is 0 Å². The Hall–Kier alpha value is -1.47. The molecule has 0 saturated carbocycles. The fourth-order valence-electron chi connectivity index (χ4n) is 1.19. The van der Waals surface area contributed by atoms with Crippen LogP contribution in [0.4, 0.5) is 18.9 Å². The second kappa shape index (κ2) is 7.00. The number of ketones is 1. The van der Waals surface area contributed by atoms with E-state index in [0.717, 1.165) is 0 Å². The van der Waals surface area contributed by atoms with Gasteiger partial charge in [-0.15, -0.1) is 0 Å². The second-order valence-electron chi connectivity index (χ2n) is 4.16. The summed E-state index contributed by atoms with van der Waals surface area (Å²) in [6.07, 6.45) is -5.01. The van der Waals surface area contributed by atoms with Crippen LogP contribution in [0.15, 0.2) is 17.2 Å². The number of Topliss-reactive ketones (excluding diaryl/α,β-unsaturated/α-hetero) is 1. The van der Waals surface area contributed by atoms with E-state index >= 15 is 0 Å². The highest BCUT2D eigenvalue weighted by molar-refractivity contribution is 6.37.